The van der Waals surface area contributed by atoms with E-state index in [1.807, 2.05) is 36.4 Å². The van der Waals surface area contributed by atoms with Gasteiger partial charge in [0.1, 0.15) is 0 Å². The Labute approximate surface area is 93.4 Å². The van der Waals surface area contributed by atoms with Gasteiger partial charge in [-0.25, -0.2) is 0 Å². The monoisotopic (exact) mass is 213 g/mol. The van der Waals surface area contributed by atoms with Crippen LogP contribution in [-0.4, -0.2) is 5.91 Å². The summed E-state index contributed by atoms with van der Waals surface area (Å²) in [5.41, 5.74) is 1.03. The average molecular weight is 213 g/mol. The predicted octanol–water partition coefficient (Wildman–Crippen LogP) is 2.68. The van der Waals surface area contributed by atoms with Gasteiger partial charge >= 0.3 is 0 Å². The Kier molecular flexibility index (Phi) is 3.18. The number of rotatable bonds is 3. The highest BCUT2D eigenvalue weighted by Gasteiger charge is 2.04. The first-order chi connectivity index (χ1) is 7.86. The molecule has 0 unspecified atom stereocenters. The van der Waals surface area contributed by atoms with Gasteiger partial charge in [-0.3, -0.25) is 4.79 Å². The van der Waals surface area contributed by atoms with E-state index < -0.39 is 0 Å². The molecule has 3 heteroatoms. The largest absolute Gasteiger partial charge is 0.459 e. The first kappa shape index (κ1) is 10.2. The van der Waals surface area contributed by atoms with Crippen LogP contribution in [0.15, 0.2) is 59.3 Å². The predicted molar refractivity (Wildman–Crippen MR) is 61.7 cm³/mol. The van der Waals surface area contributed by atoms with Crippen molar-refractivity contribution in [3.63, 3.8) is 0 Å². The molecular weight excluding hydrogens is 202 g/mol. The summed E-state index contributed by atoms with van der Waals surface area (Å²) in [5.74, 6) is 0.0508. The van der Waals surface area contributed by atoms with Crippen LogP contribution in [0.25, 0.3) is 6.08 Å². The maximum atomic E-state index is 11.4. The minimum atomic E-state index is -0.253. The quantitative estimate of drug-likeness (QED) is 0.851. The minimum Gasteiger partial charge on any atom is -0.459 e. The van der Waals surface area contributed by atoms with E-state index in [1.54, 1.807) is 18.3 Å². The molecule has 0 aliphatic heterocycles. The van der Waals surface area contributed by atoms with Gasteiger partial charge in [0.2, 0.25) is 0 Å². The molecule has 1 N–H and O–H groups in total. The van der Waals surface area contributed by atoms with E-state index in [4.69, 9.17) is 4.42 Å². The third kappa shape index (κ3) is 2.60. The Hall–Kier alpha value is -2.29. The molecule has 1 amide bonds. The second-order valence-corrected chi connectivity index (χ2v) is 3.19. The summed E-state index contributed by atoms with van der Waals surface area (Å²) in [4.78, 5) is 11.4. The van der Waals surface area contributed by atoms with Crippen molar-refractivity contribution in [3.05, 3.63) is 66.3 Å². The van der Waals surface area contributed by atoms with Gasteiger partial charge in [-0.2, -0.15) is 0 Å². The van der Waals surface area contributed by atoms with Gasteiger partial charge in [-0.05, 0) is 23.8 Å². The molecular formula is C13H11NO2. The van der Waals surface area contributed by atoms with Gasteiger partial charge in [-0.15, -0.1) is 0 Å². The molecule has 3 nitrogen and oxygen atoms in total. The summed E-state index contributed by atoms with van der Waals surface area (Å²) < 4.78 is 4.95. The van der Waals surface area contributed by atoms with Gasteiger partial charge in [0.15, 0.2) is 5.76 Å². The van der Waals surface area contributed by atoms with Crippen molar-refractivity contribution in [2.75, 3.05) is 0 Å². The highest BCUT2D eigenvalue weighted by atomic mass is 16.3. The minimum absolute atomic E-state index is 0.253. The fourth-order valence-electron chi connectivity index (χ4n) is 1.26. The lowest BCUT2D eigenvalue weighted by atomic mass is 10.2. The van der Waals surface area contributed by atoms with E-state index in [9.17, 15) is 4.79 Å². The zero-order chi connectivity index (χ0) is 11.2. The van der Waals surface area contributed by atoms with E-state index in [2.05, 4.69) is 5.32 Å². The number of nitrogens with one attached hydrogen (secondary N) is 1. The molecule has 0 bridgehead atoms. The lowest BCUT2D eigenvalue weighted by Crippen LogP contribution is -2.15. The SMILES string of the molecule is O=C(N/C=C\c1ccccc1)c1ccco1. The summed E-state index contributed by atoms with van der Waals surface area (Å²) in [6, 6.07) is 13.0. The zero-order valence-electron chi connectivity index (χ0n) is 8.59. The lowest BCUT2D eigenvalue weighted by molar-refractivity contribution is 0.0943. The topological polar surface area (TPSA) is 42.2 Å². The highest BCUT2D eigenvalue weighted by Crippen LogP contribution is 2.01. The number of benzene rings is 1. The molecule has 0 fully saturated rings. The molecule has 0 aliphatic carbocycles. The zero-order valence-corrected chi connectivity index (χ0v) is 8.59. The van der Waals surface area contributed by atoms with Crippen molar-refractivity contribution in [2.24, 2.45) is 0 Å². The smallest absolute Gasteiger partial charge is 0.290 e. The summed E-state index contributed by atoms with van der Waals surface area (Å²) in [5, 5.41) is 2.62. The third-order valence-corrected chi connectivity index (χ3v) is 2.03. The number of carbonyl (C=O) groups excluding carboxylic acids is 1. The van der Waals surface area contributed by atoms with Crippen molar-refractivity contribution in [2.45, 2.75) is 0 Å². The molecule has 1 aromatic heterocycles. The molecule has 0 atom stereocenters. The second kappa shape index (κ2) is 4.98. The maximum Gasteiger partial charge on any atom is 0.290 e. The third-order valence-electron chi connectivity index (χ3n) is 2.03. The van der Waals surface area contributed by atoms with Crippen LogP contribution in [-0.2, 0) is 0 Å². The maximum absolute atomic E-state index is 11.4. The van der Waals surface area contributed by atoms with Crippen molar-refractivity contribution in [1.82, 2.24) is 5.32 Å². The molecule has 0 saturated heterocycles. The van der Waals surface area contributed by atoms with Crippen molar-refractivity contribution in [3.8, 4) is 0 Å². The molecule has 16 heavy (non-hydrogen) atoms. The summed E-state index contributed by atoms with van der Waals surface area (Å²) in [6.45, 7) is 0. The van der Waals surface area contributed by atoms with Crippen molar-refractivity contribution in [1.29, 1.82) is 0 Å². The van der Waals surface area contributed by atoms with E-state index in [-0.39, 0.29) is 5.91 Å². The normalized spacial score (nSPS) is 10.5. The molecule has 2 rings (SSSR count). The number of furan rings is 1. The first-order valence-corrected chi connectivity index (χ1v) is 4.92. The van der Waals surface area contributed by atoms with Gasteiger partial charge < -0.3 is 9.73 Å². The Balaban J connectivity index is 1.93. The first-order valence-electron chi connectivity index (χ1n) is 4.92. The number of carbonyl (C=O) groups is 1. The van der Waals surface area contributed by atoms with Crippen molar-refractivity contribution >= 4 is 12.0 Å². The van der Waals surface area contributed by atoms with E-state index in [0.29, 0.717) is 5.76 Å². The Bertz CT molecular complexity index is 472. The van der Waals surface area contributed by atoms with Crippen LogP contribution in [0, 0.1) is 0 Å². The average Bonchev–Trinajstić information content (AvgIpc) is 2.84. The molecule has 0 radical (unpaired) electrons. The van der Waals surface area contributed by atoms with Crippen LogP contribution >= 0.6 is 0 Å². The molecule has 1 aromatic carbocycles. The van der Waals surface area contributed by atoms with E-state index >= 15 is 0 Å². The van der Waals surface area contributed by atoms with Crippen LogP contribution in [0.3, 0.4) is 0 Å². The summed E-state index contributed by atoms with van der Waals surface area (Å²) >= 11 is 0. The Morgan fingerprint density at radius 2 is 1.94 bits per heavy atom. The Morgan fingerprint density at radius 1 is 1.12 bits per heavy atom. The van der Waals surface area contributed by atoms with Gasteiger partial charge in [-0.1, -0.05) is 30.3 Å². The number of hydrogen-bond donors (Lipinski definition) is 1. The summed E-state index contributed by atoms with van der Waals surface area (Å²) in [6.07, 6.45) is 4.89. The molecule has 80 valence electrons. The van der Waals surface area contributed by atoms with Gasteiger partial charge in [0, 0.05) is 6.20 Å². The van der Waals surface area contributed by atoms with Crippen LogP contribution in [0.4, 0.5) is 0 Å². The van der Waals surface area contributed by atoms with Gasteiger partial charge in [0.25, 0.3) is 5.91 Å². The van der Waals surface area contributed by atoms with Crippen LogP contribution in [0.5, 0.6) is 0 Å². The van der Waals surface area contributed by atoms with Crippen molar-refractivity contribution < 1.29 is 9.21 Å². The molecule has 1 heterocycles. The summed E-state index contributed by atoms with van der Waals surface area (Å²) in [7, 11) is 0. The van der Waals surface area contributed by atoms with E-state index in [1.165, 1.54) is 6.26 Å². The fourth-order valence-corrected chi connectivity index (χ4v) is 1.26. The number of amides is 1. The lowest BCUT2D eigenvalue weighted by Gasteiger charge is -1.95. The standard InChI is InChI=1S/C13H11NO2/c15-13(12-7-4-10-16-12)14-9-8-11-5-2-1-3-6-11/h1-10H,(H,14,15)/b9-8-. The Morgan fingerprint density at radius 3 is 2.62 bits per heavy atom. The van der Waals surface area contributed by atoms with E-state index in [0.717, 1.165) is 5.56 Å². The molecule has 0 spiro atoms. The van der Waals surface area contributed by atoms with Crippen LogP contribution in [0.1, 0.15) is 16.1 Å². The van der Waals surface area contributed by atoms with Crippen LogP contribution in [0.2, 0.25) is 0 Å². The van der Waals surface area contributed by atoms with Crippen LogP contribution < -0.4 is 5.32 Å². The number of hydrogen-bond acceptors (Lipinski definition) is 2. The highest BCUT2D eigenvalue weighted by molar-refractivity contribution is 5.92. The second-order valence-electron chi connectivity index (χ2n) is 3.19. The molecule has 2 aromatic rings. The van der Waals surface area contributed by atoms with Gasteiger partial charge in [0.05, 0.1) is 6.26 Å². The fraction of sp³-hybridized carbons (Fsp3) is 0. The molecule has 0 aliphatic rings. The molecule has 0 saturated carbocycles.